The van der Waals surface area contributed by atoms with Gasteiger partial charge in [-0.3, -0.25) is 0 Å². The average Bonchev–Trinajstić information content (AvgIpc) is 2.40. The van der Waals surface area contributed by atoms with Crippen molar-refractivity contribution in [1.29, 1.82) is 0 Å². The van der Waals surface area contributed by atoms with Gasteiger partial charge >= 0.3 is 0 Å². The molecule has 1 fully saturated rings. The van der Waals surface area contributed by atoms with Gasteiger partial charge < -0.3 is 16.0 Å². The maximum absolute atomic E-state index is 13.1. The van der Waals surface area contributed by atoms with E-state index in [4.69, 9.17) is 5.73 Å². The van der Waals surface area contributed by atoms with E-state index in [0.717, 1.165) is 51.1 Å². The Hall–Kier alpha value is -0.970. The van der Waals surface area contributed by atoms with Crippen molar-refractivity contribution in [2.45, 2.75) is 18.9 Å². The first kappa shape index (κ1) is 13.5. The van der Waals surface area contributed by atoms with E-state index in [1.54, 1.807) is 6.07 Å². The average molecular weight is 251 g/mol. The molecule has 0 spiro atoms. The minimum Gasteiger partial charge on any atom is -0.324 e. The van der Waals surface area contributed by atoms with Crippen molar-refractivity contribution >= 4 is 0 Å². The maximum Gasteiger partial charge on any atom is 0.123 e. The zero-order chi connectivity index (χ0) is 12.8. The predicted octanol–water partition coefficient (Wildman–Crippen LogP) is 1.51. The van der Waals surface area contributed by atoms with Crippen LogP contribution in [0.4, 0.5) is 4.39 Å². The molecule has 18 heavy (non-hydrogen) atoms. The van der Waals surface area contributed by atoms with E-state index < -0.39 is 0 Å². The summed E-state index contributed by atoms with van der Waals surface area (Å²) in [5, 5.41) is 3.34. The number of rotatable bonds is 5. The van der Waals surface area contributed by atoms with Crippen LogP contribution in [0, 0.1) is 5.82 Å². The van der Waals surface area contributed by atoms with Gasteiger partial charge in [-0.2, -0.15) is 0 Å². The van der Waals surface area contributed by atoms with Crippen molar-refractivity contribution in [3.8, 4) is 0 Å². The Balaban J connectivity index is 1.72. The van der Waals surface area contributed by atoms with Crippen LogP contribution < -0.4 is 11.1 Å². The zero-order valence-corrected chi connectivity index (χ0v) is 10.7. The van der Waals surface area contributed by atoms with E-state index in [9.17, 15) is 4.39 Å². The van der Waals surface area contributed by atoms with Crippen LogP contribution in [0.15, 0.2) is 24.3 Å². The number of nitrogens with two attached hydrogens (primary N) is 1. The molecule has 1 heterocycles. The van der Waals surface area contributed by atoms with Crippen molar-refractivity contribution in [3.63, 3.8) is 0 Å². The Kier molecular flexibility index (Phi) is 5.11. The molecule has 2 rings (SSSR count). The second kappa shape index (κ2) is 6.83. The topological polar surface area (TPSA) is 41.3 Å². The number of hydrogen-bond donors (Lipinski definition) is 2. The third kappa shape index (κ3) is 4.05. The second-order valence-corrected chi connectivity index (χ2v) is 4.90. The van der Waals surface area contributed by atoms with E-state index in [0.29, 0.717) is 0 Å². The van der Waals surface area contributed by atoms with Gasteiger partial charge in [0.05, 0.1) is 0 Å². The van der Waals surface area contributed by atoms with E-state index >= 15 is 0 Å². The van der Waals surface area contributed by atoms with Crippen LogP contribution in [0.3, 0.4) is 0 Å². The molecule has 0 amide bonds. The maximum atomic E-state index is 13.1. The highest BCUT2D eigenvalue weighted by atomic mass is 19.1. The van der Waals surface area contributed by atoms with Crippen molar-refractivity contribution in [2.24, 2.45) is 5.73 Å². The van der Waals surface area contributed by atoms with Gasteiger partial charge in [0.2, 0.25) is 0 Å². The summed E-state index contributed by atoms with van der Waals surface area (Å²) in [5.41, 5.74) is 6.98. The van der Waals surface area contributed by atoms with Crippen LogP contribution in [-0.4, -0.2) is 37.6 Å². The summed E-state index contributed by atoms with van der Waals surface area (Å²) in [6, 6.07) is 6.56. The zero-order valence-electron chi connectivity index (χ0n) is 10.7. The highest BCUT2D eigenvalue weighted by Crippen LogP contribution is 2.16. The molecule has 3 N–H and O–H groups in total. The van der Waals surface area contributed by atoms with E-state index in [-0.39, 0.29) is 11.9 Å². The first-order valence-electron chi connectivity index (χ1n) is 6.70. The lowest BCUT2D eigenvalue weighted by molar-refractivity contribution is 0.235. The van der Waals surface area contributed by atoms with Gasteiger partial charge in [0.15, 0.2) is 0 Å². The summed E-state index contributed by atoms with van der Waals surface area (Å²) in [5.74, 6) is -0.204. The standard InChI is InChI=1S/C14H22FN3/c15-13-4-1-3-12(11-13)14(16)5-2-8-18-9-6-17-7-10-18/h1,3-4,11,14,17H,2,5-10,16H2. The summed E-state index contributed by atoms with van der Waals surface area (Å²) in [7, 11) is 0. The summed E-state index contributed by atoms with van der Waals surface area (Å²) in [4.78, 5) is 2.45. The van der Waals surface area contributed by atoms with Crippen LogP contribution in [-0.2, 0) is 0 Å². The quantitative estimate of drug-likeness (QED) is 0.833. The highest BCUT2D eigenvalue weighted by molar-refractivity contribution is 5.19. The molecule has 100 valence electrons. The molecule has 0 aliphatic carbocycles. The number of halogens is 1. The molecule has 1 aliphatic heterocycles. The fraction of sp³-hybridized carbons (Fsp3) is 0.571. The Morgan fingerprint density at radius 3 is 2.83 bits per heavy atom. The minimum atomic E-state index is -0.204. The molecule has 0 aromatic heterocycles. The lowest BCUT2D eigenvalue weighted by atomic mass is 10.0. The van der Waals surface area contributed by atoms with Gasteiger partial charge in [-0.25, -0.2) is 4.39 Å². The minimum absolute atomic E-state index is 0.0522. The van der Waals surface area contributed by atoms with Crippen LogP contribution in [0.25, 0.3) is 0 Å². The van der Waals surface area contributed by atoms with Gasteiger partial charge in [-0.1, -0.05) is 12.1 Å². The van der Waals surface area contributed by atoms with Crippen molar-refractivity contribution in [3.05, 3.63) is 35.6 Å². The Bertz CT molecular complexity index is 364. The molecule has 1 aromatic carbocycles. The molecule has 1 atom stereocenters. The summed E-state index contributed by atoms with van der Waals surface area (Å²) >= 11 is 0. The van der Waals surface area contributed by atoms with Crippen molar-refractivity contribution in [2.75, 3.05) is 32.7 Å². The summed E-state index contributed by atoms with van der Waals surface area (Å²) in [6.45, 7) is 5.49. The SMILES string of the molecule is NC(CCCN1CCNCC1)c1cccc(F)c1. The Morgan fingerprint density at radius 1 is 1.33 bits per heavy atom. The molecule has 4 heteroatoms. The molecular formula is C14H22FN3. The third-order valence-corrected chi connectivity index (χ3v) is 3.48. The molecule has 1 saturated heterocycles. The number of piperazine rings is 1. The first-order valence-corrected chi connectivity index (χ1v) is 6.70. The van der Waals surface area contributed by atoms with Gasteiger partial charge in [-0.05, 0) is 37.1 Å². The van der Waals surface area contributed by atoms with Gasteiger partial charge in [0.1, 0.15) is 5.82 Å². The lowest BCUT2D eigenvalue weighted by Crippen LogP contribution is -2.43. The van der Waals surface area contributed by atoms with Crippen LogP contribution in [0.5, 0.6) is 0 Å². The molecule has 1 aliphatic rings. The van der Waals surface area contributed by atoms with E-state index in [1.165, 1.54) is 12.1 Å². The second-order valence-electron chi connectivity index (χ2n) is 4.90. The van der Waals surface area contributed by atoms with Gasteiger partial charge in [0, 0.05) is 32.2 Å². The lowest BCUT2D eigenvalue weighted by Gasteiger charge is -2.27. The number of benzene rings is 1. The van der Waals surface area contributed by atoms with Crippen molar-refractivity contribution < 1.29 is 4.39 Å². The third-order valence-electron chi connectivity index (χ3n) is 3.48. The molecule has 0 bridgehead atoms. The van der Waals surface area contributed by atoms with Crippen LogP contribution >= 0.6 is 0 Å². The fourth-order valence-electron chi connectivity index (χ4n) is 2.37. The fourth-order valence-corrected chi connectivity index (χ4v) is 2.37. The molecule has 0 radical (unpaired) electrons. The molecular weight excluding hydrogens is 229 g/mol. The van der Waals surface area contributed by atoms with Crippen LogP contribution in [0.2, 0.25) is 0 Å². The van der Waals surface area contributed by atoms with Gasteiger partial charge in [0.25, 0.3) is 0 Å². The van der Waals surface area contributed by atoms with E-state index in [2.05, 4.69) is 10.2 Å². The van der Waals surface area contributed by atoms with Crippen LogP contribution in [0.1, 0.15) is 24.4 Å². The van der Waals surface area contributed by atoms with Gasteiger partial charge in [-0.15, -0.1) is 0 Å². The first-order chi connectivity index (χ1) is 8.75. The van der Waals surface area contributed by atoms with Crippen molar-refractivity contribution in [1.82, 2.24) is 10.2 Å². The smallest absolute Gasteiger partial charge is 0.123 e. The number of nitrogens with one attached hydrogen (secondary N) is 1. The number of nitrogens with zero attached hydrogens (tertiary/aromatic N) is 1. The summed E-state index contributed by atoms with van der Waals surface area (Å²) < 4.78 is 13.1. The predicted molar refractivity (Wildman–Crippen MR) is 71.9 cm³/mol. The Morgan fingerprint density at radius 2 is 2.11 bits per heavy atom. The molecule has 3 nitrogen and oxygen atoms in total. The largest absolute Gasteiger partial charge is 0.324 e. The molecule has 1 unspecified atom stereocenters. The summed E-state index contributed by atoms with van der Waals surface area (Å²) in [6.07, 6.45) is 1.98. The normalized spacial score (nSPS) is 18.8. The highest BCUT2D eigenvalue weighted by Gasteiger charge is 2.11. The molecule has 0 saturated carbocycles. The number of hydrogen-bond acceptors (Lipinski definition) is 3. The van der Waals surface area contributed by atoms with E-state index in [1.807, 2.05) is 6.07 Å². The monoisotopic (exact) mass is 251 g/mol. The molecule has 1 aromatic rings. The Labute approximate surface area is 108 Å².